The monoisotopic (exact) mass is 438 g/mol. The average molecular weight is 439 g/mol. The number of aromatic nitrogens is 2. The lowest BCUT2D eigenvalue weighted by atomic mass is 10.2. The second-order valence-corrected chi connectivity index (χ2v) is 9.44. The summed E-state index contributed by atoms with van der Waals surface area (Å²) in [6.07, 6.45) is 3.97. The lowest BCUT2D eigenvalue weighted by molar-refractivity contribution is 0.0989. The molecule has 0 aliphatic carbocycles. The van der Waals surface area contributed by atoms with Gasteiger partial charge in [-0.3, -0.25) is 9.48 Å². The van der Waals surface area contributed by atoms with Gasteiger partial charge in [0.2, 0.25) is 10.0 Å². The fourth-order valence-corrected chi connectivity index (χ4v) is 5.46. The molecule has 0 fully saturated rings. The average Bonchev–Trinajstić information content (AvgIpc) is 3.41. The van der Waals surface area contributed by atoms with Crippen LogP contribution in [-0.4, -0.2) is 48.0 Å². The van der Waals surface area contributed by atoms with Crippen molar-refractivity contribution in [3.63, 3.8) is 0 Å². The Balaban J connectivity index is 1.54. The van der Waals surface area contributed by atoms with Gasteiger partial charge in [-0.05, 0) is 35.7 Å². The van der Waals surface area contributed by atoms with E-state index < -0.39 is 10.0 Å². The van der Waals surface area contributed by atoms with Gasteiger partial charge in [0, 0.05) is 31.5 Å². The molecule has 3 aromatic rings. The van der Waals surface area contributed by atoms with E-state index in [-0.39, 0.29) is 10.8 Å². The number of sulfonamides is 1. The van der Waals surface area contributed by atoms with Crippen LogP contribution in [0.15, 0.2) is 65.8 Å². The van der Waals surface area contributed by atoms with Gasteiger partial charge in [-0.25, -0.2) is 8.42 Å². The highest BCUT2D eigenvalue weighted by Crippen LogP contribution is 2.32. The van der Waals surface area contributed by atoms with Gasteiger partial charge >= 0.3 is 0 Å². The van der Waals surface area contributed by atoms with Crippen LogP contribution in [0.1, 0.15) is 35.3 Å². The quantitative estimate of drug-likeness (QED) is 0.568. The predicted octanol–water partition coefficient (Wildman–Crippen LogP) is 3.16. The normalized spacial score (nSPS) is 13.6. The zero-order valence-corrected chi connectivity index (χ0v) is 18.5. The van der Waals surface area contributed by atoms with Crippen LogP contribution in [0.5, 0.6) is 0 Å². The smallest absolute Gasteiger partial charge is 0.261 e. The predicted molar refractivity (Wildman–Crippen MR) is 120 cm³/mol. The van der Waals surface area contributed by atoms with Gasteiger partial charge in [-0.1, -0.05) is 44.2 Å². The van der Waals surface area contributed by atoms with E-state index in [4.69, 9.17) is 0 Å². The Morgan fingerprint density at radius 3 is 2.55 bits per heavy atom. The molecule has 1 aromatic heterocycles. The van der Waals surface area contributed by atoms with Gasteiger partial charge in [0.25, 0.3) is 5.91 Å². The Morgan fingerprint density at radius 1 is 1.10 bits per heavy atom. The molecule has 162 valence electrons. The molecule has 0 bridgehead atoms. The van der Waals surface area contributed by atoms with Crippen molar-refractivity contribution in [1.82, 2.24) is 14.1 Å². The second-order valence-electron chi connectivity index (χ2n) is 7.50. The molecule has 1 aliphatic rings. The minimum absolute atomic E-state index is 0.127. The number of carbonyl (C=O) groups is 1. The van der Waals surface area contributed by atoms with Crippen LogP contribution in [-0.2, 0) is 23.0 Å². The number of anilines is 1. The van der Waals surface area contributed by atoms with Gasteiger partial charge in [-0.15, -0.1) is 0 Å². The molecule has 2 aromatic carbocycles. The molecule has 0 unspecified atom stereocenters. The Morgan fingerprint density at radius 2 is 1.84 bits per heavy atom. The summed E-state index contributed by atoms with van der Waals surface area (Å²) in [5, 5.41) is 4.33. The van der Waals surface area contributed by atoms with E-state index in [0.29, 0.717) is 38.2 Å². The van der Waals surface area contributed by atoms with Crippen molar-refractivity contribution in [2.24, 2.45) is 0 Å². The third-order valence-electron chi connectivity index (χ3n) is 5.60. The third kappa shape index (κ3) is 4.13. The summed E-state index contributed by atoms with van der Waals surface area (Å²) in [6, 6.07) is 15.0. The standard InChI is InChI=1S/C23H26N4O3S/c1-3-26(4-2)31(29,30)21-10-11-22-19(14-21)12-13-27(22)23(28)20-15-24-25(17-20)16-18-8-6-5-7-9-18/h5-11,14-15,17H,3-4,12-13,16H2,1-2H3. The Hall–Kier alpha value is -2.97. The molecule has 31 heavy (non-hydrogen) atoms. The van der Waals surface area contributed by atoms with Crippen molar-refractivity contribution in [3.8, 4) is 0 Å². The van der Waals surface area contributed by atoms with Crippen LogP contribution in [0.25, 0.3) is 0 Å². The number of fused-ring (bicyclic) bond motifs is 1. The Kier molecular flexibility index (Phi) is 5.93. The molecule has 1 aliphatic heterocycles. The molecule has 0 radical (unpaired) electrons. The van der Waals surface area contributed by atoms with Crippen molar-refractivity contribution in [1.29, 1.82) is 0 Å². The van der Waals surface area contributed by atoms with Gasteiger partial charge < -0.3 is 4.90 Å². The molecule has 0 saturated heterocycles. The maximum absolute atomic E-state index is 13.1. The fraction of sp³-hybridized carbons (Fsp3) is 0.304. The molecule has 2 heterocycles. The van der Waals surface area contributed by atoms with Crippen molar-refractivity contribution >= 4 is 21.6 Å². The number of amides is 1. The van der Waals surface area contributed by atoms with Crippen LogP contribution in [0.4, 0.5) is 5.69 Å². The lowest BCUT2D eigenvalue weighted by Crippen LogP contribution is -2.30. The third-order valence-corrected chi connectivity index (χ3v) is 7.65. The highest BCUT2D eigenvalue weighted by atomic mass is 32.2. The molecule has 4 rings (SSSR count). The van der Waals surface area contributed by atoms with E-state index >= 15 is 0 Å². The summed E-state index contributed by atoms with van der Waals surface area (Å²) < 4.78 is 28.8. The molecule has 0 atom stereocenters. The number of rotatable bonds is 7. The minimum Gasteiger partial charge on any atom is -0.308 e. The maximum atomic E-state index is 13.1. The maximum Gasteiger partial charge on any atom is 0.261 e. The second kappa shape index (κ2) is 8.64. The molecule has 0 N–H and O–H groups in total. The van der Waals surface area contributed by atoms with Crippen LogP contribution < -0.4 is 4.90 Å². The first-order valence-electron chi connectivity index (χ1n) is 10.5. The summed E-state index contributed by atoms with van der Waals surface area (Å²) in [6.45, 7) is 5.62. The summed E-state index contributed by atoms with van der Waals surface area (Å²) in [7, 11) is -3.52. The lowest BCUT2D eigenvalue weighted by Gasteiger charge is -2.20. The van der Waals surface area contributed by atoms with Crippen molar-refractivity contribution in [3.05, 3.63) is 77.6 Å². The van der Waals surface area contributed by atoms with Gasteiger partial charge in [0.1, 0.15) is 0 Å². The summed E-state index contributed by atoms with van der Waals surface area (Å²) in [4.78, 5) is 15.1. The first-order valence-corrected chi connectivity index (χ1v) is 11.9. The first-order chi connectivity index (χ1) is 14.9. The van der Waals surface area contributed by atoms with Crippen LogP contribution >= 0.6 is 0 Å². The molecule has 0 saturated carbocycles. The number of nitrogens with zero attached hydrogens (tertiary/aromatic N) is 4. The number of benzene rings is 2. The summed E-state index contributed by atoms with van der Waals surface area (Å²) in [5.74, 6) is -0.127. The first kappa shape index (κ1) is 21.3. The highest BCUT2D eigenvalue weighted by molar-refractivity contribution is 7.89. The molecular weight excluding hydrogens is 412 g/mol. The topological polar surface area (TPSA) is 75.5 Å². The molecule has 7 nitrogen and oxygen atoms in total. The summed E-state index contributed by atoms with van der Waals surface area (Å²) in [5.41, 5.74) is 3.26. The number of hydrogen-bond acceptors (Lipinski definition) is 4. The fourth-order valence-electron chi connectivity index (χ4n) is 3.95. The molecule has 1 amide bonds. The minimum atomic E-state index is -3.52. The van der Waals surface area contributed by atoms with E-state index in [9.17, 15) is 13.2 Å². The number of carbonyl (C=O) groups excluding carboxylic acids is 1. The van der Waals surface area contributed by atoms with Crippen molar-refractivity contribution < 1.29 is 13.2 Å². The van der Waals surface area contributed by atoms with E-state index in [1.54, 1.807) is 40.2 Å². The van der Waals surface area contributed by atoms with Crippen LogP contribution in [0.2, 0.25) is 0 Å². The van der Waals surface area contributed by atoms with Gasteiger partial charge in [0.15, 0.2) is 0 Å². The Bertz CT molecular complexity index is 1180. The highest BCUT2D eigenvalue weighted by Gasteiger charge is 2.29. The van der Waals surface area contributed by atoms with E-state index in [1.165, 1.54) is 4.31 Å². The van der Waals surface area contributed by atoms with Crippen LogP contribution in [0, 0.1) is 0 Å². The van der Waals surface area contributed by atoms with E-state index in [0.717, 1.165) is 16.8 Å². The molecule has 8 heteroatoms. The zero-order chi connectivity index (χ0) is 22.0. The van der Waals surface area contributed by atoms with Gasteiger partial charge in [-0.2, -0.15) is 9.40 Å². The molecular formula is C23H26N4O3S. The summed E-state index contributed by atoms with van der Waals surface area (Å²) >= 11 is 0. The van der Waals surface area contributed by atoms with E-state index in [2.05, 4.69) is 5.10 Å². The van der Waals surface area contributed by atoms with Gasteiger partial charge in [0.05, 0.1) is 23.2 Å². The largest absolute Gasteiger partial charge is 0.308 e. The van der Waals surface area contributed by atoms with Crippen molar-refractivity contribution in [2.45, 2.75) is 31.7 Å². The number of hydrogen-bond donors (Lipinski definition) is 0. The Labute approximate surface area is 183 Å². The van der Waals surface area contributed by atoms with E-state index in [1.807, 2.05) is 44.2 Å². The zero-order valence-electron chi connectivity index (χ0n) is 17.7. The van der Waals surface area contributed by atoms with Crippen molar-refractivity contribution in [2.75, 3.05) is 24.5 Å². The van der Waals surface area contributed by atoms with Crippen LogP contribution in [0.3, 0.4) is 0 Å². The molecule has 0 spiro atoms. The SMILES string of the molecule is CCN(CC)S(=O)(=O)c1ccc2c(c1)CCN2C(=O)c1cnn(Cc2ccccc2)c1.